The summed E-state index contributed by atoms with van der Waals surface area (Å²) in [5, 5.41) is 5.40. The van der Waals surface area contributed by atoms with Crippen LogP contribution in [-0.4, -0.2) is 32.1 Å². The number of ketones is 1. The molecule has 0 bridgehead atoms. The van der Waals surface area contributed by atoms with E-state index in [1.807, 2.05) is 19.1 Å². The minimum atomic E-state index is -4.30. The van der Waals surface area contributed by atoms with E-state index in [9.17, 15) is 22.8 Å². The molecular formula is C25H23N3O5S. The van der Waals surface area contributed by atoms with Gasteiger partial charge < -0.3 is 10.6 Å². The summed E-state index contributed by atoms with van der Waals surface area (Å²) in [4.78, 5) is 37.5. The molecular weight excluding hydrogens is 454 g/mol. The molecule has 0 fully saturated rings. The SMILES string of the molecule is CC(=O)c1cccc(S(=O)(=O)N2c3ccccc3NC(=O)[C@H]2CC(=O)Nc2ccc(C)cc2)c1. The van der Waals surface area contributed by atoms with E-state index in [4.69, 9.17) is 0 Å². The van der Waals surface area contributed by atoms with Crippen molar-refractivity contribution in [2.45, 2.75) is 31.2 Å². The number of amides is 2. The third-order valence-corrected chi connectivity index (χ3v) is 7.32. The third-order valence-electron chi connectivity index (χ3n) is 5.50. The number of hydrogen-bond donors (Lipinski definition) is 2. The molecule has 1 aliphatic rings. The first-order valence-corrected chi connectivity index (χ1v) is 12.0. The van der Waals surface area contributed by atoms with E-state index in [2.05, 4.69) is 10.6 Å². The molecule has 0 saturated carbocycles. The minimum absolute atomic E-state index is 0.145. The van der Waals surface area contributed by atoms with Gasteiger partial charge in [0.05, 0.1) is 22.7 Å². The summed E-state index contributed by atoms with van der Waals surface area (Å²) in [5.41, 5.74) is 2.34. The maximum absolute atomic E-state index is 13.8. The lowest BCUT2D eigenvalue weighted by Crippen LogP contribution is -2.52. The molecule has 3 aromatic rings. The molecule has 1 heterocycles. The van der Waals surface area contributed by atoms with E-state index in [1.165, 1.54) is 31.2 Å². The molecule has 0 radical (unpaired) electrons. The van der Waals surface area contributed by atoms with Gasteiger partial charge >= 0.3 is 0 Å². The second kappa shape index (κ2) is 9.11. The van der Waals surface area contributed by atoms with Gasteiger partial charge in [-0.2, -0.15) is 0 Å². The molecule has 0 unspecified atom stereocenters. The van der Waals surface area contributed by atoms with Crippen LogP contribution in [-0.2, 0) is 19.6 Å². The number of para-hydroxylation sites is 2. The first kappa shape index (κ1) is 23.2. The smallest absolute Gasteiger partial charge is 0.265 e. The largest absolute Gasteiger partial charge is 0.326 e. The molecule has 4 rings (SSSR count). The molecule has 1 atom stereocenters. The maximum Gasteiger partial charge on any atom is 0.265 e. The van der Waals surface area contributed by atoms with Crippen molar-refractivity contribution in [3.05, 3.63) is 83.9 Å². The predicted molar refractivity (Wildman–Crippen MR) is 129 cm³/mol. The first-order chi connectivity index (χ1) is 16.2. The van der Waals surface area contributed by atoms with E-state index in [-0.39, 0.29) is 21.9 Å². The van der Waals surface area contributed by atoms with Gasteiger partial charge in [-0.1, -0.05) is 42.0 Å². The fraction of sp³-hybridized carbons (Fsp3) is 0.160. The Morgan fingerprint density at radius 3 is 2.41 bits per heavy atom. The van der Waals surface area contributed by atoms with Gasteiger partial charge in [-0.3, -0.25) is 18.7 Å². The van der Waals surface area contributed by atoms with Gasteiger partial charge in [0.2, 0.25) is 11.8 Å². The quantitative estimate of drug-likeness (QED) is 0.525. The number of nitrogens with zero attached hydrogens (tertiary/aromatic N) is 1. The Labute approximate surface area is 197 Å². The summed E-state index contributed by atoms with van der Waals surface area (Å²) in [6.07, 6.45) is -0.403. The number of benzene rings is 3. The Morgan fingerprint density at radius 1 is 1.00 bits per heavy atom. The number of nitrogens with one attached hydrogen (secondary N) is 2. The van der Waals surface area contributed by atoms with Crippen molar-refractivity contribution in [2.75, 3.05) is 14.9 Å². The third kappa shape index (κ3) is 4.55. The summed E-state index contributed by atoms with van der Waals surface area (Å²) < 4.78 is 28.5. The van der Waals surface area contributed by atoms with Crippen LogP contribution in [0.3, 0.4) is 0 Å². The summed E-state index contributed by atoms with van der Waals surface area (Å²) in [7, 11) is -4.30. The van der Waals surface area contributed by atoms with Crippen LogP contribution in [0.25, 0.3) is 0 Å². The molecule has 1 aliphatic heterocycles. The number of sulfonamides is 1. The monoisotopic (exact) mass is 477 g/mol. The summed E-state index contributed by atoms with van der Waals surface area (Å²) in [6.45, 7) is 3.26. The Hall–Kier alpha value is -3.98. The molecule has 0 aliphatic carbocycles. The molecule has 2 amide bonds. The average Bonchev–Trinajstić information content (AvgIpc) is 2.81. The van der Waals surface area contributed by atoms with Crippen LogP contribution >= 0.6 is 0 Å². The van der Waals surface area contributed by atoms with Crippen LogP contribution in [0.4, 0.5) is 17.1 Å². The van der Waals surface area contributed by atoms with E-state index in [1.54, 1.807) is 36.4 Å². The molecule has 3 aromatic carbocycles. The summed E-state index contributed by atoms with van der Waals surface area (Å²) >= 11 is 0. The Balaban J connectivity index is 1.73. The maximum atomic E-state index is 13.8. The number of carbonyl (C=O) groups is 3. The standard InChI is InChI=1S/C25H23N3O5S/c1-16-10-12-19(13-11-16)26-24(30)15-23-25(31)27-21-8-3-4-9-22(21)28(23)34(32,33)20-7-5-6-18(14-20)17(2)29/h3-14,23H,15H2,1-2H3,(H,26,30)(H,27,31)/t23-/m1/s1. The van der Waals surface area contributed by atoms with Crippen molar-refractivity contribution >= 4 is 44.7 Å². The van der Waals surface area contributed by atoms with Gasteiger partial charge in [0.1, 0.15) is 6.04 Å². The molecule has 0 spiro atoms. The first-order valence-electron chi connectivity index (χ1n) is 10.6. The zero-order valence-corrected chi connectivity index (χ0v) is 19.4. The number of fused-ring (bicyclic) bond motifs is 1. The highest BCUT2D eigenvalue weighted by Crippen LogP contribution is 2.37. The average molecular weight is 478 g/mol. The number of rotatable bonds is 6. The molecule has 174 valence electrons. The highest BCUT2D eigenvalue weighted by molar-refractivity contribution is 7.93. The van der Waals surface area contributed by atoms with E-state index in [0.29, 0.717) is 11.4 Å². The lowest BCUT2D eigenvalue weighted by molar-refractivity contribution is -0.122. The molecule has 9 heteroatoms. The van der Waals surface area contributed by atoms with Gasteiger partial charge in [0.25, 0.3) is 10.0 Å². The number of anilines is 3. The Morgan fingerprint density at radius 2 is 1.71 bits per heavy atom. The number of hydrogen-bond acceptors (Lipinski definition) is 5. The molecule has 2 N–H and O–H groups in total. The zero-order chi connectivity index (χ0) is 24.5. The van der Waals surface area contributed by atoms with Crippen molar-refractivity contribution in [3.8, 4) is 0 Å². The van der Waals surface area contributed by atoms with Crippen molar-refractivity contribution < 1.29 is 22.8 Å². The van der Waals surface area contributed by atoms with Gasteiger partial charge in [-0.05, 0) is 50.2 Å². The van der Waals surface area contributed by atoms with Crippen LogP contribution in [0, 0.1) is 6.92 Å². The number of carbonyl (C=O) groups excluding carboxylic acids is 3. The summed E-state index contributed by atoms with van der Waals surface area (Å²) in [6, 6.07) is 17.9. The second-order valence-electron chi connectivity index (χ2n) is 8.03. The Bertz CT molecular complexity index is 1380. The van der Waals surface area contributed by atoms with Crippen LogP contribution in [0.2, 0.25) is 0 Å². The normalized spacial score (nSPS) is 15.3. The Kier molecular flexibility index (Phi) is 6.21. The fourth-order valence-electron chi connectivity index (χ4n) is 3.75. The van der Waals surface area contributed by atoms with Crippen molar-refractivity contribution in [2.24, 2.45) is 0 Å². The highest BCUT2D eigenvalue weighted by atomic mass is 32.2. The van der Waals surface area contributed by atoms with Crippen LogP contribution < -0.4 is 14.9 Å². The van der Waals surface area contributed by atoms with Crippen molar-refractivity contribution in [1.29, 1.82) is 0 Å². The van der Waals surface area contributed by atoms with Crippen LogP contribution in [0.1, 0.15) is 29.3 Å². The summed E-state index contributed by atoms with van der Waals surface area (Å²) in [5.74, 6) is -1.42. The van der Waals surface area contributed by atoms with Crippen LogP contribution in [0.15, 0.2) is 77.7 Å². The van der Waals surface area contributed by atoms with Gasteiger partial charge in [0.15, 0.2) is 5.78 Å². The van der Waals surface area contributed by atoms with Gasteiger partial charge in [-0.25, -0.2) is 8.42 Å². The lowest BCUT2D eigenvalue weighted by Gasteiger charge is -2.36. The van der Waals surface area contributed by atoms with Gasteiger partial charge in [0, 0.05) is 11.3 Å². The zero-order valence-electron chi connectivity index (χ0n) is 18.6. The molecule has 8 nitrogen and oxygen atoms in total. The van der Waals surface area contributed by atoms with E-state index >= 15 is 0 Å². The van der Waals surface area contributed by atoms with Crippen molar-refractivity contribution in [1.82, 2.24) is 0 Å². The molecule has 34 heavy (non-hydrogen) atoms. The van der Waals surface area contributed by atoms with Gasteiger partial charge in [-0.15, -0.1) is 0 Å². The molecule has 0 aromatic heterocycles. The van der Waals surface area contributed by atoms with Crippen LogP contribution in [0.5, 0.6) is 0 Å². The highest BCUT2D eigenvalue weighted by Gasteiger charge is 2.42. The number of aryl methyl sites for hydroxylation is 1. The van der Waals surface area contributed by atoms with Crippen molar-refractivity contribution in [3.63, 3.8) is 0 Å². The minimum Gasteiger partial charge on any atom is -0.326 e. The fourth-order valence-corrected chi connectivity index (χ4v) is 5.43. The van der Waals surface area contributed by atoms with E-state index in [0.717, 1.165) is 9.87 Å². The predicted octanol–water partition coefficient (Wildman–Crippen LogP) is 3.74. The molecule has 0 saturated heterocycles. The lowest BCUT2D eigenvalue weighted by atomic mass is 10.1. The number of Topliss-reactive ketones (excluding diaryl/α,β-unsaturated/α-hetero) is 1. The second-order valence-corrected chi connectivity index (χ2v) is 9.84. The topological polar surface area (TPSA) is 113 Å². The van der Waals surface area contributed by atoms with E-state index < -0.39 is 34.3 Å².